The Kier molecular flexibility index (Phi) is 6.30. The molecule has 28 heavy (non-hydrogen) atoms. The van der Waals surface area contributed by atoms with Crippen molar-refractivity contribution in [2.24, 2.45) is 0 Å². The lowest BCUT2D eigenvalue weighted by Gasteiger charge is -2.13. The van der Waals surface area contributed by atoms with Crippen LogP contribution in [0.5, 0.6) is 5.75 Å². The van der Waals surface area contributed by atoms with Gasteiger partial charge in [0.25, 0.3) is 5.91 Å². The Morgan fingerprint density at radius 2 is 1.75 bits per heavy atom. The van der Waals surface area contributed by atoms with Gasteiger partial charge < -0.3 is 14.8 Å². The second-order valence-electron chi connectivity index (χ2n) is 6.51. The maximum absolute atomic E-state index is 12.3. The molecule has 0 spiro atoms. The van der Waals surface area contributed by atoms with E-state index in [0.29, 0.717) is 18.8 Å². The van der Waals surface area contributed by atoms with Gasteiger partial charge in [0.2, 0.25) is 0 Å². The lowest BCUT2D eigenvalue weighted by molar-refractivity contribution is -0.124. The Balaban J connectivity index is 1.53. The van der Waals surface area contributed by atoms with Crippen LogP contribution in [0.1, 0.15) is 22.3 Å². The van der Waals surface area contributed by atoms with Crippen molar-refractivity contribution in [1.82, 2.24) is 5.32 Å². The fraction of sp³-hybridized carbons (Fsp3) is 0.300. The lowest BCUT2D eigenvalue weighted by atomic mass is 10.2. The van der Waals surface area contributed by atoms with Gasteiger partial charge in [-0.1, -0.05) is 42.5 Å². The Morgan fingerprint density at radius 3 is 2.46 bits per heavy atom. The van der Waals surface area contributed by atoms with Gasteiger partial charge in [-0.15, -0.1) is 0 Å². The summed E-state index contributed by atoms with van der Waals surface area (Å²) in [5, 5.41) is 2.58. The van der Waals surface area contributed by atoms with E-state index in [1.165, 1.54) is 0 Å². The number of hydrogen-bond donors (Lipinski definition) is 1. The molecule has 1 aliphatic rings. The number of amides is 1. The van der Waals surface area contributed by atoms with Crippen LogP contribution in [-0.4, -0.2) is 44.4 Å². The van der Waals surface area contributed by atoms with Gasteiger partial charge >= 0.3 is 5.97 Å². The molecule has 0 bridgehead atoms. The van der Waals surface area contributed by atoms with Crippen molar-refractivity contribution in [1.29, 1.82) is 0 Å². The summed E-state index contributed by atoms with van der Waals surface area (Å²) in [6.45, 7) is -0.190. The lowest BCUT2D eigenvalue weighted by Crippen LogP contribution is -2.38. The molecule has 1 N–H and O–H groups in total. The highest BCUT2D eigenvalue weighted by Crippen LogP contribution is 2.20. The topological polar surface area (TPSA) is 98.8 Å². The molecule has 1 amide bonds. The molecule has 0 saturated carbocycles. The van der Waals surface area contributed by atoms with Crippen LogP contribution in [0.4, 0.5) is 0 Å². The van der Waals surface area contributed by atoms with Crippen molar-refractivity contribution < 1.29 is 27.5 Å². The molecule has 7 nitrogen and oxygen atoms in total. The molecule has 0 radical (unpaired) electrons. The zero-order valence-electron chi connectivity index (χ0n) is 15.2. The van der Waals surface area contributed by atoms with E-state index in [-0.39, 0.29) is 17.1 Å². The van der Waals surface area contributed by atoms with E-state index >= 15 is 0 Å². The van der Waals surface area contributed by atoms with Crippen LogP contribution in [-0.2, 0) is 26.0 Å². The second-order valence-corrected chi connectivity index (χ2v) is 8.74. The maximum atomic E-state index is 12.3. The van der Waals surface area contributed by atoms with Gasteiger partial charge in [0.15, 0.2) is 16.4 Å². The van der Waals surface area contributed by atoms with Crippen molar-refractivity contribution in [2.75, 3.05) is 18.1 Å². The molecule has 2 aromatic rings. The minimum absolute atomic E-state index is 0.0594. The van der Waals surface area contributed by atoms with Gasteiger partial charge in [-0.2, -0.15) is 0 Å². The highest BCUT2D eigenvalue weighted by atomic mass is 32.2. The molecule has 0 aromatic heterocycles. The number of benzene rings is 2. The molecule has 8 heteroatoms. The van der Waals surface area contributed by atoms with Crippen molar-refractivity contribution >= 4 is 21.7 Å². The van der Waals surface area contributed by atoms with Crippen molar-refractivity contribution in [3.8, 4) is 5.75 Å². The quantitative estimate of drug-likeness (QED) is 0.707. The number of ether oxygens (including phenoxy) is 2. The van der Waals surface area contributed by atoms with Gasteiger partial charge in [-0.05, 0) is 24.1 Å². The summed E-state index contributed by atoms with van der Waals surface area (Å²) in [7, 11) is -3.09. The largest absolute Gasteiger partial charge is 0.488 e. The molecular formula is C20H21NO6S. The SMILES string of the molecule is O=C(COC(=O)c1ccccc1OCc1ccccc1)N[C@H]1CCS(=O)(=O)C1. The third kappa shape index (κ3) is 5.56. The molecule has 1 atom stereocenters. The highest BCUT2D eigenvalue weighted by molar-refractivity contribution is 7.91. The predicted octanol–water partition coefficient (Wildman–Crippen LogP) is 1.73. The Morgan fingerprint density at radius 1 is 1.04 bits per heavy atom. The van der Waals surface area contributed by atoms with E-state index < -0.39 is 34.4 Å². The van der Waals surface area contributed by atoms with E-state index in [4.69, 9.17) is 9.47 Å². The summed E-state index contributed by atoms with van der Waals surface area (Å²) >= 11 is 0. The van der Waals surface area contributed by atoms with E-state index in [1.807, 2.05) is 30.3 Å². The molecule has 148 valence electrons. The third-order valence-corrected chi connectivity index (χ3v) is 6.04. The van der Waals surface area contributed by atoms with Gasteiger partial charge in [0.1, 0.15) is 17.9 Å². The smallest absolute Gasteiger partial charge is 0.342 e. The third-order valence-electron chi connectivity index (χ3n) is 4.28. The van der Waals surface area contributed by atoms with Gasteiger partial charge in [-0.25, -0.2) is 13.2 Å². The zero-order chi connectivity index (χ0) is 20.0. The number of carbonyl (C=O) groups excluding carboxylic acids is 2. The van der Waals surface area contributed by atoms with E-state index in [2.05, 4.69) is 5.32 Å². The summed E-state index contributed by atoms with van der Waals surface area (Å²) in [6, 6.07) is 15.7. The van der Waals surface area contributed by atoms with Gasteiger partial charge in [-0.3, -0.25) is 4.79 Å². The molecular weight excluding hydrogens is 382 g/mol. The van der Waals surface area contributed by atoms with Gasteiger partial charge in [0.05, 0.1) is 11.5 Å². The summed E-state index contributed by atoms with van der Waals surface area (Å²) < 4.78 is 33.6. The van der Waals surface area contributed by atoms with Crippen LogP contribution in [0.25, 0.3) is 0 Å². The Labute approximate surface area is 163 Å². The molecule has 3 rings (SSSR count). The monoisotopic (exact) mass is 403 g/mol. The Bertz CT molecular complexity index is 942. The second kappa shape index (κ2) is 8.88. The van der Waals surface area contributed by atoms with Crippen LogP contribution in [0, 0.1) is 0 Å². The number of rotatable bonds is 7. The molecule has 0 unspecified atom stereocenters. The normalized spacial score (nSPS) is 17.6. The minimum atomic E-state index is -3.09. The number of carbonyl (C=O) groups is 2. The summed E-state index contributed by atoms with van der Waals surface area (Å²) in [5.41, 5.74) is 1.17. The molecule has 1 aliphatic heterocycles. The maximum Gasteiger partial charge on any atom is 0.342 e. The molecule has 0 aliphatic carbocycles. The van der Waals surface area contributed by atoms with E-state index in [1.54, 1.807) is 24.3 Å². The Hall–Kier alpha value is -2.87. The number of esters is 1. The summed E-state index contributed by atoms with van der Waals surface area (Å²) in [5.74, 6) is -0.873. The first-order valence-corrected chi connectivity index (χ1v) is 10.7. The van der Waals surface area contributed by atoms with Crippen LogP contribution < -0.4 is 10.1 Å². The highest BCUT2D eigenvalue weighted by Gasteiger charge is 2.29. The summed E-state index contributed by atoms with van der Waals surface area (Å²) in [4.78, 5) is 24.3. The van der Waals surface area contributed by atoms with Crippen LogP contribution in [0.15, 0.2) is 54.6 Å². The van der Waals surface area contributed by atoms with Crippen molar-refractivity contribution in [2.45, 2.75) is 19.1 Å². The number of nitrogens with one attached hydrogen (secondary N) is 1. The average Bonchev–Trinajstić information content (AvgIpc) is 3.03. The fourth-order valence-corrected chi connectivity index (χ4v) is 4.56. The van der Waals surface area contributed by atoms with Gasteiger partial charge in [0, 0.05) is 6.04 Å². The molecule has 2 aromatic carbocycles. The molecule has 1 fully saturated rings. The average molecular weight is 403 g/mol. The molecule has 1 heterocycles. The van der Waals surface area contributed by atoms with Crippen LogP contribution in [0.3, 0.4) is 0 Å². The number of hydrogen-bond acceptors (Lipinski definition) is 6. The van der Waals surface area contributed by atoms with Crippen LogP contribution >= 0.6 is 0 Å². The fourth-order valence-electron chi connectivity index (χ4n) is 2.88. The summed E-state index contributed by atoms with van der Waals surface area (Å²) in [6.07, 6.45) is 0.373. The first-order valence-electron chi connectivity index (χ1n) is 8.85. The standard InChI is InChI=1S/C20H21NO6S/c22-19(21-16-10-11-28(24,25)14-16)13-27-20(23)17-8-4-5-9-18(17)26-12-15-6-2-1-3-7-15/h1-9,16H,10-14H2,(H,21,22)/t16-/m0/s1. The number of sulfone groups is 1. The number of para-hydroxylation sites is 1. The first kappa shape index (κ1) is 19.9. The van der Waals surface area contributed by atoms with E-state index in [9.17, 15) is 18.0 Å². The molecule has 1 saturated heterocycles. The predicted molar refractivity (Wildman–Crippen MR) is 103 cm³/mol. The first-order chi connectivity index (χ1) is 13.4. The van der Waals surface area contributed by atoms with E-state index in [0.717, 1.165) is 5.56 Å². The van der Waals surface area contributed by atoms with Crippen molar-refractivity contribution in [3.63, 3.8) is 0 Å². The zero-order valence-corrected chi connectivity index (χ0v) is 16.0. The minimum Gasteiger partial charge on any atom is -0.488 e. The van der Waals surface area contributed by atoms with Crippen LogP contribution in [0.2, 0.25) is 0 Å². The van der Waals surface area contributed by atoms with Crippen molar-refractivity contribution in [3.05, 3.63) is 65.7 Å².